The maximum atomic E-state index is 12.3. The number of hydrogen-bond donors (Lipinski definition) is 3. The molecule has 0 unspecified atom stereocenters. The Morgan fingerprint density at radius 2 is 1.07 bits per heavy atom. The van der Waals surface area contributed by atoms with Gasteiger partial charge in [-0.05, 0) is 79.4 Å². The van der Waals surface area contributed by atoms with Gasteiger partial charge in [-0.15, -0.1) is 5.06 Å². The van der Waals surface area contributed by atoms with E-state index in [4.69, 9.17) is 25.0 Å². The smallest absolute Gasteiger partial charge is 0.410 e. The van der Waals surface area contributed by atoms with Gasteiger partial charge in [0.1, 0.15) is 11.2 Å². The maximum absolute atomic E-state index is 12.3. The molecule has 14 heteroatoms. The SMILES string of the molecule is CC(C)(C)OC(=O)N1CCC(ON)CC1.CC(C)(C)OC(=O)N1CCC(ON2C(=O)c3ccccc3C2=O)CC1.NN. The number of piperidine rings is 2. The molecule has 0 spiro atoms. The molecule has 42 heavy (non-hydrogen) atoms. The second kappa shape index (κ2) is 15.3. The molecule has 0 radical (unpaired) electrons. The van der Waals surface area contributed by atoms with Gasteiger partial charge in [0.05, 0.1) is 23.3 Å². The second-order valence-electron chi connectivity index (χ2n) is 12.0. The fourth-order valence-electron chi connectivity index (χ4n) is 4.38. The Hall–Kier alpha value is -3.30. The quantitative estimate of drug-likeness (QED) is 0.265. The molecule has 1 aromatic rings. The summed E-state index contributed by atoms with van der Waals surface area (Å²) in [6.45, 7) is 13.3. The number of benzene rings is 1. The lowest BCUT2D eigenvalue weighted by Gasteiger charge is -2.34. The Morgan fingerprint density at radius 1 is 0.714 bits per heavy atom. The van der Waals surface area contributed by atoms with Crippen molar-refractivity contribution in [1.82, 2.24) is 14.9 Å². The Morgan fingerprint density at radius 3 is 1.40 bits per heavy atom. The van der Waals surface area contributed by atoms with Crippen molar-refractivity contribution >= 4 is 24.0 Å². The highest BCUT2D eigenvalue weighted by Crippen LogP contribution is 2.26. The van der Waals surface area contributed by atoms with Crippen LogP contribution in [-0.4, -0.2) is 88.5 Å². The van der Waals surface area contributed by atoms with Gasteiger partial charge in [0, 0.05) is 26.2 Å². The summed E-state index contributed by atoms with van der Waals surface area (Å²) in [5.74, 6) is 12.2. The number of likely N-dealkylation sites (tertiary alicyclic amines) is 2. The number of carbonyl (C=O) groups excluding carboxylic acids is 4. The molecule has 4 amide bonds. The zero-order valence-corrected chi connectivity index (χ0v) is 25.5. The summed E-state index contributed by atoms with van der Waals surface area (Å²) in [7, 11) is 0. The van der Waals surface area contributed by atoms with Crippen LogP contribution in [0, 0.1) is 0 Å². The van der Waals surface area contributed by atoms with Crippen LogP contribution < -0.4 is 17.6 Å². The number of amides is 4. The van der Waals surface area contributed by atoms with Crippen LogP contribution in [0.25, 0.3) is 0 Å². The summed E-state index contributed by atoms with van der Waals surface area (Å²) < 4.78 is 10.6. The van der Waals surface area contributed by atoms with Crippen LogP contribution in [0.5, 0.6) is 0 Å². The number of hydrazine groups is 1. The fourth-order valence-corrected chi connectivity index (χ4v) is 4.38. The monoisotopic (exact) mass is 594 g/mol. The lowest BCUT2D eigenvalue weighted by Crippen LogP contribution is -2.45. The van der Waals surface area contributed by atoms with Gasteiger partial charge < -0.3 is 24.1 Å². The first-order chi connectivity index (χ1) is 19.7. The first-order valence-corrected chi connectivity index (χ1v) is 14.0. The van der Waals surface area contributed by atoms with E-state index in [1.165, 1.54) is 0 Å². The highest BCUT2D eigenvalue weighted by Gasteiger charge is 2.39. The molecule has 0 bridgehead atoms. The van der Waals surface area contributed by atoms with Gasteiger partial charge in [-0.1, -0.05) is 12.1 Å². The van der Waals surface area contributed by atoms with E-state index in [0.29, 0.717) is 50.1 Å². The molecule has 236 valence electrons. The van der Waals surface area contributed by atoms with E-state index in [1.54, 1.807) is 34.1 Å². The van der Waals surface area contributed by atoms with Crippen LogP contribution in [0.1, 0.15) is 87.9 Å². The largest absolute Gasteiger partial charge is 0.444 e. The molecule has 3 aliphatic heterocycles. The first-order valence-electron chi connectivity index (χ1n) is 14.0. The minimum Gasteiger partial charge on any atom is -0.444 e. The number of carbonyl (C=O) groups is 4. The van der Waals surface area contributed by atoms with Crippen LogP contribution in [0.4, 0.5) is 9.59 Å². The normalized spacial score (nSPS) is 18.0. The van der Waals surface area contributed by atoms with E-state index in [9.17, 15) is 19.2 Å². The number of fused-ring (bicyclic) bond motifs is 1. The number of hydrogen-bond acceptors (Lipinski definition) is 11. The second-order valence-corrected chi connectivity index (χ2v) is 12.0. The van der Waals surface area contributed by atoms with Gasteiger partial charge >= 0.3 is 12.2 Å². The summed E-state index contributed by atoms with van der Waals surface area (Å²) in [6, 6.07) is 6.66. The molecule has 0 aromatic heterocycles. The Balaban J connectivity index is 0.000000311. The van der Waals surface area contributed by atoms with Crippen LogP contribution in [-0.2, 0) is 19.1 Å². The number of ether oxygens (including phenoxy) is 2. The van der Waals surface area contributed by atoms with Gasteiger partial charge in [0.25, 0.3) is 11.8 Å². The Kier molecular flexibility index (Phi) is 12.7. The zero-order valence-electron chi connectivity index (χ0n) is 25.5. The highest BCUT2D eigenvalue weighted by molar-refractivity contribution is 6.20. The van der Waals surface area contributed by atoms with E-state index < -0.39 is 23.0 Å². The summed E-state index contributed by atoms with van der Waals surface area (Å²) >= 11 is 0. The van der Waals surface area contributed by atoms with E-state index >= 15 is 0 Å². The van der Waals surface area contributed by atoms with Crippen molar-refractivity contribution in [3.8, 4) is 0 Å². The number of rotatable bonds is 3. The molecule has 4 rings (SSSR count). The molecular weight excluding hydrogens is 548 g/mol. The van der Waals surface area contributed by atoms with Crippen molar-refractivity contribution < 1.29 is 38.3 Å². The fraction of sp³-hybridized carbons (Fsp3) is 0.643. The van der Waals surface area contributed by atoms with E-state index in [-0.39, 0.29) is 24.4 Å². The van der Waals surface area contributed by atoms with Crippen molar-refractivity contribution in [2.45, 2.75) is 90.6 Å². The average Bonchev–Trinajstić information content (AvgIpc) is 3.18. The maximum Gasteiger partial charge on any atom is 0.410 e. The summed E-state index contributed by atoms with van der Waals surface area (Å²) in [5.41, 5.74) is -0.250. The third-order valence-electron chi connectivity index (χ3n) is 6.39. The minimum absolute atomic E-state index is 0.0729. The number of imide groups is 1. The van der Waals surface area contributed by atoms with Crippen LogP contribution in [0.3, 0.4) is 0 Å². The number of hydroxylamine groups is 2. The van der Waals surface area contributed by atoms with Crippen molar-refractivity contribution in [2.24, 2.45) is 17.6 Å². The average molecular weight is 595 g/mol. The third kappa shape index (κ3) is 10.2. The van der Waals surface area contributed by atoms with Crippen molar-refractivity contribution in [3.63, 3.8) is 0 Å². The van der Waals surface area contributed by atoms with Gasteiger partial charge in [0.15, 0.2) is 0 Å². The van der Waals surface area contributed by atoms with Gasteiger partial charge in [-0.25, -0.2) is 15.5 Å². The van der Waals surface area contributed by atoms with E-state index in [2.05, 4.69) is 11.7 Å². The lowest BCUT2D eigenvalue weighted by molar-refractivity contribution is -0.144. The van der Waals surface area contributed by atoms with Crippen molar-refractivity contribution in [1.29, 1.82) is 0 Å². The molecule has 2 fully saturated rings. The highest BCUT2D eigenvalue weighted by atomic mass is 16.7. The van der Waals surface area contributed by atoms with E-state index in [1.807, 2.05) is 41.5 Å². The third-order valence-corrected chi connectivity index (χ3v) is 6.39. The van der Waals surface area contributed by atoms with Crippen LogP contribution >= 0.6 is 0 Å². The van der Waals surface area contributed by atoms with Crippen molar-refractivity contribution in [2.75, 3.05) is 26.2 Å². The van der Waals surface area contributed by atoms with Gasteiger partial charge in [-0.2, -0.15) is 0 Å². The van der Waals surface area contributed by atoms with Gasteiger partial charge in [0.2, 0.25) is 0 Å². The molecule has 0 saturated carbocycles. The van der Waals surface area contributed by atoms with Crippen LogP contribution in [0.15, 0.2) is 24.3 Å². The zero-order chi connectivity index (χ0) is 31.7. The van der Waals surface area contributed by atoms with Gasteiger partial charge in [-0.3, -0.25) is 26.1 Å². The van der Waals surface area contributed by atoms with E-state index in [0.717, 1.165) is 17.9 Å². The molecule has 6 N–H and O–H groups in total. The number of nitrogens with zero attached hydrogens (tertiary/aromatic N) is 3. The van der Waals surface area contributed by atoms with Crippen LogP contribution in [0.2, 0.25) is 0 Å². The predicted molar refractivity (Wildman–Crippen MR) is 153 cm³/mol. The Bertz CT molecular complexity index is 1040. The Labute approximate surface area is 247 Å². The summed E-state index contributed by atoms with van der Waals surface area (Å²) in [4.78, 5) is 62.0. The molecule has 1 aromatic carbocycles. The number of nitrogens with two attached hydrogens (primary N) is 3. The summed E-state index contributed by atoms with van der Waals surface area (Å²) in [6.07, 6.45) is 1.79. The molecular formula is C28H46N6O8. The van der Waals surface area contributed by atoms with Crippen molar-refractivity contribution in [3.05, 3.63) is 35.4 Å². The predicted octanol–water partition coefficient (Wildman–Crippen LogP) is 2.71. The lowest BCUT2D eigenvalue weighted by atomic mass is 10.1. The first kappa shape index (κ1) is 34.9. The standard InChI is InChI=1S/C18H22N2O5.C10H20N2O3.H4N2/c1-18(2,3)24-17(23)19-10-8-12(9-11-19)25-20-15(21)13-6-4-5-7-14(13)16(20)22;1-10(2,3)14-9(13)12-6-4-8(15-11)5-7-12;1-2/h4-7,12H,8-11H2,1-3H3;8H,4-7,11H2,1-3H3;1-2H2. The summed E-state index contributed by atoms with van der Waals surface area (Å²) in [5, 5.41) is 0.846. The minimum atomic E-state index is -0.537. The molecule has 2 saturated heterocycles. The molecule has 14 nitrogen and oxygen atoms in total. The molecule has 3 aliphatic rings. The molecule has 3 heterocycles. The molecule has 0 atom stereocenters. The topological polar surface area (TPSA) is 193 Å². The molecule has 0 aliphatic carbocycles.